The van der Waals surface area contributed by atoms with Crippen LogP contribution in [-0.2, 0) is 33.8 Å². The zero-order valence-electron chi connectivity index (χ0n) is 17.1. The number of allylic oxidation sites excluding steroid dienone is 1. The van der Waals surface area contributed by atoms with Gasteiger partial charge in [-0.3, -0.25) is 4.55 Å². The van der Waals surface area contributed by atoms with Gasteiger partial charge in [-0.1, -0.05) is 31.6 Å². The van der Waals surface area contributed by atoms with Crippen LogP contribution in [0.15, 0.2) is 18.3 Å². The molecule has 0 fully saturated rings. The minimum absolute atomic E-state index is 0.0175. The molecule has 0 saturated heterocycles. The lowest BCUT2D eigenvalue weighted by molar-refractivity contribution is -0.356. The maximum atomic E-state index is 13.5. The lowest BCUT2D eigenvalue weighted by atomic mass is 9.80. The van der Waals surface area contributed by atoms with Gasteiger partial charge in [-0.05, 0) is 23.6 Å². The van der Waals surface area contributed by atoms with E-state index >= 15 is 0 Å². The molecule has 0 saturated carbocycles. The number of hydrogen-bond acceptors (Lipinski definition) is 5. The van der Waals surface area contributed by atoms with E-state index in [1.165, 1.54) is 6.92 Å². The fraction of sp³-hybridized carbons (Fsp3) is 0.471. The Labute approximate surface area is 190 Å². The molecular weight excluding hydrogens is 477 g/mol. The molecule has 16 heteroatoms. The van der Waals surface area contributed by atoms with Crippen molar-refractivity contribution in [3.63, 3.8) is 0 Å². The molecule has 0 aliphatic rings. The van der Waals surface area contributed by atoms with Crippen LogP contribution in [0.4, 0.5) is 32.0 Å². The molecule has 6 nitrogen and oxygen atoms in total. The monoisotopic (exact) mass is 493 g/mol. The molecule has 0 amide bonds. The number of alkyl halides is 6. The van der Waals surface area contributed by atoms with Crippen LogP contribution in [0.2, 0.25) is 0 Å². The summed E-state index contributed by atoms with van der Waals surface area (Å²) < 4.78 is 116. The van der Waals surface area contributed by atoms with Crippen molar-refractivity contribution in [3.05, 3.63) is 40.6 Å². The van der Waals surface area contributed by atoms with Gasteiger partial charge in [0.05, 0.1) is 29.1 Å². The average Bonchev–Trinajstić information content (AvgIpc) is 2.63. The molecule has 0 aliphatic heterocycles. The number of carbonyl (C=O) groups is 1. The van der Waals surface area contributed by atoms with Gasteiger partial charge in [0.1, 0.15) is 5.75 Å². The van der Waals surface area contributed by atoms with Gasteiger partial charge in [0.15, 0.2) is 0 Å². The number of anilines is 1. The van der Waals surface area contributed by atoms with E-state index < -0.39 is 58.0 Å². The van der Waals surface area contributed by atoms with Crippen molar-refractivity contribution >= 4 is 45.3 Å². The van der Waals surface area contributed by atoms with Crippen molar-refractivity contribution in [2.75, 3.05) is 11.1 Å². The largest absolute Gasteiger partial charge is 0.438 e. The highest BCUT2D eigenvalue weighted by Crippen LogP contribution is 2.47. The van der Waals surface area contributed by atoms with Gasteiger partial charge in [0.2, 0.25) is 0 Å². The predicted molar refractivity (Wildman–Crippen MR) is 110 cm³/mol. The fourth-order valence-electron chi connectivity index (χ4n) is 2.95. The predicted octanol–water partition coefficient (Wildman–Crippen LogP) is 2.55. The lowest BCUT2D eigenvalue weighted by Gasteiger charge is -2.36. The minimum atomic E-state index is -6.49. The number of nitrogens with one attached hydrogen (secondary N) is 1. The first-order valence-corrected chi connectivity index (χ1v) is 10.5. The van der Waals surface area contributed by atoms with E-state index in [1.54, 1.807) is 0 Å². The molecule has 0 atom stereocenters. The molecule has 0 heterocycles. The maximum Gasteiger partial charge on any atom is 0.438 e. The van der Waals surface area contributed by atoms with Crippen molar-refractivity contribution in [1.29, 1.82) is 0 Å². The standard InChI is InChI=1S/C17H16B3F6NO5S/c1-8(2)27-13-10(5-19)3-9(4-18)12(11(13)6-20)14(28)32-15(16(21,22)23,17(24,25)26)7-33(29,30)31/h3,27H,1,4-7H2,2H3,(H,29,30,31). The molecule has 33 heavy (non-hydrogen) atoms. The summed E-state index contributed by atoms with van der Waals surface area (Å²) in [7, 11) is 10.8. The SMILES string of the molecule is [B]Cc1cc(C[B])c(C(=O)OC(CS(=O)(=O)O)(C(F)(F)F)C(F)(F)F)c(C[B])c1NC(=C)C. The third kappa shape index (κ3) is 6.28. The highest BCUT2D eigenvalue weighted by Gasteiger charge is 2.76. The third-order valence-electron chi connectivity index (χ3n) is 4.35. The van der Waals surface area contributed by atoms with Crippen molar-refractivity contribution in [2.24, 2.45) is 0 Å². The van der Waals surface area contributed by atoms with Gasteiger partial charge in [-0.2, -0.15) is 34.8 Å². The van der Waals surface area contributed by atoms with E-state index in [0.29, 0.717) is 0 Å². The van der Waals surface area contributed by atoms with Gasteiger partial charge < -0.3 is 10.1 Å². The summed E-state index contributed by atoms with van der Waals surface area (Å²) in [6.07, 6.45) is -14.3. The van der Waals surface area contributed by atoms with Crippen LogP contribution in [0.1, 0.15) is 34.0 Å². The van der Waals surface area contributed by atoms with Crippen LogP contribution in [0.25, 0.3) is 0 Å². The van der Waals surface area contributed by atoms with Crippen molar-refractivity contribution in [3.8, 4) is 0 Å². The van der Waals surface area contributed by atoms with E-state index in [4.69, 9.17) is 28.1 Å². The first-order chi connectivity index (χ1) is 14.8. The second-order valence-electron chi connectivity index (χ2n) is 6.88. The quantitative estimate of drug-likeness (QED) is 0.238. The molecule has 1 aromatic carbocycles. The number of hydrogen-bond donors (Lipinski definition) is 2. The summed E-state index contributed by atoms with van der Waals surface area (Å²) in [4.78, 5) is 12.7. The molecule has 0 spiro atoms. The van der Waals surface area contributed by atoms with Crippen LogP contribution >= 0.6 is 0 Å². The van der Waals surface area contributed by atoms with E-state index in [0.717, 1.165) is 6.07 Å². The first-order valence-electron chi connectivity index (χ1n) is 8.87. The van der Waals surface area contributed by atoms with Gasteiger partial charge in [-0.25, -0.2) is 4.79 Å². The summed E-state index contributed by atoms with van der Waals surface area (Å²) in [6, 6.07) is 1.15. The van der Waals surface area contributed by atoms with Crippen molar-refractivity contribution in [1.82, 2.24) is 0 Å². The van der Waals surface area contributed by atoms with Crippen LogP contribution in [0.5, 0.6) is 0 Å². The summed E-state index contributed by atoms with van der Waals surface area (Å²) in [5, 5.41) is 2.67. The maximum absolute atomic E-state index is 13.5. The number of carbonyl (C=O) groups excluding carboxylic acids is 1. The highest BCUT2D eigenvalue weighted by molar-refractivity contribution is 7.85. The molecule has 2 N–H and O–H groups in total. The Bertz CT molecular complexity index is 1010. The Hall–Kier alpha value is -2.09. The van der Waals surface area contributed by atoms with Crippen LogP contribution < -0.4 is 5.32 Å². The highest BCUT2D eigenvalue weighted by atomic mass is 32.2. The normalized spacial score (nSPS) is 13.0. The number of rotatable bonds is 9. The van der Waals surface area contributed by atoms with Gasteiger partial charge in [-0.15, -0.1) is 0 Å². The summed E-state index contributed by atoms with van der Waals surface area (Å²) in [6.45, 7) is 5.02. The van der Waals surface area contributed by atoms with Gasteiger partial charge in [0.25, 0.3) is 10.1 Å². The van der Waals surface area contributed by atoms with Crippen LogP contribution in [-0.4, -0.2) is 66.2 Å². The zero-order valence-corrected chi connectivity index (χ0v) is 17.9. The van der Waals surface area contributed by atoms with Crippen LogP contribution in [0.3, 0.4) is 0 Å². The molecule has 0 bridgehead atoms. The molecule has 0 unspecified atom stereocenters. The number of benzene rings is 1. The molecule has 1 rings (SSSR count). The molecular formula is C17H16B3F6NO5S. The molecule has 0 aliphatic carbocycles. The zero-order chi connectivity index (χ0) is 26.0. The molecule has 176 valence electrons. The van der Waals surface area contributed by atoms with Crippen molar-refractivity contribution < 1.29 is 48.8 Å². The van der Waals surface area contributed by atoms with E-state index in [9.17, 15) is 39.6 Å². The number of ether oxygens (including phenoxy) is 1. The summed E-state index contributed by atoms with van der Waals surface area (Å²) in [5.74, 6) is -5.24. The lowest BCUT2D eigenvalue weighted by Crippen LogP contribution is -2.63. The van der Waals surface area contributed by atoms with Crippen LogP contribution in [0, 0.1) is 0 Å². The summed E-state index contributed by atoms with van der Waals surface area (Å²) >= 11 is 0. The fourth-order valence-corrected chi connectivity index (χ4v) is 3.85. The minimum Gasteiger partial charge on any atom is -0.435 e. The Morgan fingerprint density at radius 3 is 1.88 bits per heavy atom. The van der Waals surface area contributed by atoms with E-state index in [-0.39, 0.29) is 34.4 Å². The molecule has 0 aromatic heterocycles. The van der Waals surface area contributed by atoms with Gasteiger partial charge in [0, 0.05) is 11.4 Å². The third-order valence-corrected chi connectivity index (χ3v) is 5.12. The average molecular weight is 493 g/mol. The number of halogens is 6. The molecule has 6 radical (unpaired) electrons. The number of esters is 1. The smallest absolute Gasteiger partial charge is 0.435 e. The Morgan fingerprint density at radius 2 is 1.55 bits per heavy atom. The Balaban J connectivity index is 3.91. The topological polar surface area (TPSA) is 92.7 Å². The second-order valence-corrected chi connectivity index (χ2v) is 8.33. The van der Waals surface area contributed by atoms with E-state index in [1.807, 2.05) is 0 Å². The van der Waals surface area contributed by atoms with Gasteiger partial charge >= 0.3 is 23.9 Å². The summed E-state index contributed by atoms with van der Waals surface area (Å²) in [5.41, 5.74) is -6.51. The molecule has 1 aromatic rings. The van der Waals surface area contributed by atoms with E-state index in [2.05, 4.69) is 16.6 Å². The Kier molecular flexibility index (Phi) is 8.81. The second kappa shape index (κ2) is 10.0. The Morgan fingerprint density at radius 1 is 1.06 bits per heavy atom. The van der Waals surface area contributed by atoms with Crippen molar-refractivity contribution in [2.45, 2.75) is 43.8 Å². The first kappa shape index (κ1) is 28.9.